The van der Waals surface area contributed by atoms with E-state index in [2.05, 4.69) is 42.5 Å². The van der Waals surface area contributed by atoms with Crippen LogP contribution in [0.4, 0.5) is 11.4 Å². The summed E-state index contributed by atoms with van der Waals surface area (Å²) in [6, 6.07) is 12.5. The maximum absolute atomic E-state index is 11.1. The van der Waals surface area contributed by atoms with Crippen molar-refractivity contribution in [2.45, 2.75) is 0 Å². The van der Waals surface area contributed by atoms with Gasteiger partial charge in [0.2, 0.25) is 0 Å². The zero-order valence-corrected chi connectivity index (χ0v) is 21.6. The normalized spacial score (nSPS) is 10.7. The standard InChI is InChI=1S/C8H9AsBrNO4.C8H9AsBrNO3/c10-5-8(12)11-7-4-2-1-3-6(7)9(13,14)15;10-5-8(12)11-7-4-2-1-3-6(7)9(13)14/h1-4H,5H2,(H,11,12)(H2,13,14,15);1-4,13-14H,5H2,(H,11,12). The molecular weight excluding hydrogens is 642 g/mol. The Hall–Kier alpha value is -0.903. The van der Waals surface area contributed by atoms with Gasteiger partial charge in [-0.3, -0.25) is 0 Å². The molecule has 0 unspecified atom stereocenters. The van der Waals surface area contributed by atoms with Gasteiger partial charge in [-0.2, -0.15) is 0 Å². The Balaban J connectivity index is 0.000000291. The zero-order chi connectivity index (χ0) is 22.0. The first-order chi connectivity index (χ1) is 13.6. The first-order valence-corrected chi connectivity index (χ1v) is 16.0. The molecule has 0 atom stereocenters. The van der Waals surface area contributed by atoms with Crippen LogP contribution < -0.4 is 19.3 Å². The molecule has 9 nitrogen and oxygen atoms in total. The number of amides is 2. The van der Waals surface area contributed by atoms with Crippen LogP contribution >= 0.6 is 31.9 Å². The van der Waals surface area contributed by atoms with Crippen molar-refractivity contribution in [3.8, 4) is 0 Å². The third-order valence-electron chi connectivity index (χ3n) is 3.13. The van der Waals surface area contributed by atoms with E-state index in [1.165, 1.54) is 18.2 Å². The van der Waals surface area contributed by atoms with Crippen LogP contribution in [0, 0.1) is 0 Å². The summed E-state index contributed by atoms with van der Waals surface area (Å²) in [5, 5.41) is 5.24. The van der Waals surface area contributed by atoms with E-state index in [0.29, 0.717) is 10.0 Å². The Labute approximate surface area is 191 Å². The number of halogens is 2. The van der Waals surface area contributed by atoms with Crippen LogP contribution in [-0.4, -0.2) is 68.4 Å². The number of nitrogens with one attached hydrogen (secondary N) is 2. The summed E-state index contributed by atoms with van der Waals surface area (Å²) >= 11 is -1.95. The molecule has 0 heterocycles. The predicted octanol–water partition coefficient (Wildman–Crippen LogP) is -0.719. The third-order valence-corrected chi connectivity index (χ3v) is 8.00. The number of hydrogen-bond donors (Lipinski definition) is 6. The molecule has 0 aliphatic heterocycles. The maximum atomic E-state index is 11.1. The summed E-state index contributed by atoms with van der Waals surface area (Å²) in [6.07, 6.45) is 0. The second-order valence-corrected chi connectivity index (χ2v) is 11.9. The van der Waals surface area contributed by atoms with E-state index in [0.717, 1.165) is 0 Å². The minimum atomic E-state index is -4.98. The number of hydrogen-bond acceptors (Lipinski definition) is 5. The molecule has 0 aliphatic rings. The molecule has 0 saturated heterocycles. The molecule has 0 aliphatic carbocycles. The first-order valence-electron chi connectivity index (χ1n) is 7.73. The van der Waals surface area contributed by atoms with E-state index in [4.69, 9.17) is 16.4 Å². The summed E-state index contributed by atoms with van der Waals surface area (Å²) in [5.41, 5.74) is 0.636. The van der Waals surface area contributed by atoms with Crippen LogP contribution in [0.5, 0.6) is 0 Å². The van der Waals surface area contributed by atoms with Gasteiger partial charge in [-0.25, -0.2) is 0 Å². The van der Waals surface area contributed by atoms with Gasteiger partial charge in [0.15, 0.2) is 0 Å². The molecule has 2 aromatic carbocycles. The number of carbonyl (C=O) groups excluding carboxylic acids is 2. The molecule has 0 bridgehead atoms. The van der Waals surface area contributed by atoms with Crippen LogP contribution in [0.25, 0.3) is 0 Å². The summed E-state index contributed by atoms with van der Waals surface area (Å²) < 4.78 is 47.8. The quantitative estimate of drug-likeness (QED) is 0.177. The van der Waals surface area contributed by atoms with Crippen LogP contribution in [0.15, 0.2) is 48.5 Å². The van der Waals surface area contributed by atoms with Crippen molar-refractivity contribution in [1.29, 1.82) is 0 Å². The van der Waals surface area contributed by atoms with Crippen molar-refractivity contribution in [1.82, 2.24) is 0 Å². The average Bonchev–Trinajstić information content (AvgIpc) is 2.68. The van der Waals surface area contributed by atoms with Gasteiger partial charge in [0, 0.05) is 0 Å². The fraction of sp³-hybridized carbons (Fsp3) is 0.125. The minimum absolute atomic E-state index is 0.0787. The van der Waals surface area contributed by atoms with Crippen LogP contribution in [0.1, 0.15) is 0 Å². The molecule has 2 aromatic rings. The second-order valence-electron chi connectivity index (χ2n) is 5.23. The van der Waals surface area contributed by atoms with Crippen LogP contribution in [0.3, 0.4) is 0 Å². The molecule has 29 heavy (non-hydrogen) atoms. The molecule has 6 N–H and O–H groups in total. The SMILES string of the molecule is O=C(CBr)Nc1ccccc1[As](=O)(O)O.O=C(CBr)Nc1ccccc1[As](O)O. The zero-order valence-electron chi connectivity index (χ0n) is 14.7. The van der Waals surface area contributed by atoms with E-state index in [9.17, 15) is 13.3 Å². The molecular formula is C16H18As2Br2N2O7. The van der Waals surface area contributed by atoms with Crippen molar-refractivity contribution >= 4 is 93.3 Å². The number of carbonyl (C=O) groups is 2. The van der Waals surface area contributed by atoms with Gasteiger partial charge in [0.1, 0.15) is 0 Å². The fourth-order valence-corrected chi connectivity index (χ4v) is 4.94. The Morgan fingerprint density at radius 2 is 1.31 bits per heavy atom. The Kier molecular flexibility index (Phi) is 11.5. The van der Waals surface area contributed by atoms with E-state index in [-0.39, 0.29) is 32.5 Å². The van der Waals surface area contributed by atoms with Crippen LogP contribution in [0.2, 0.25) is 0 Å². The van der Waals surface area contributed by atoms with Crippen molar-refractivity contribution in [3.63, 3.8) is 0 Å². The molecule has 0 fully saturated rings. The summed E-state index contributed by atoms with van der Waals surface area (Å²) in [6.45, 7) is 0. The van der Waals surface area contributed by atoms with Gasteiger partial charge in [-0.1, -0.05) is 0 Å². The van der Waals surface area contributed by atoms with Gasteiger partial charge < -0.3 is 0 Å². The van der Waals surface area contributed by atoms with Crippen molar-refractivity contribution in [2.75, 3.05) is 21.3 Å². The van der Waals surface area contributed by atoms with Gasteiger partial charge in [-0.05, 0) is 0 Å². The summed E-state index contributed by atoms with van der Waals surface area (Å²) in [7, 11) is 0. The van der Waals surface area contributed by atoms with Crippen molar-refractivity contribution in [3.05, 3.63) is 48.5 Å². The molecule has 158 valence electrons. The van der Waals surface area contributed by atoms with Gasteiger partial charge in [0.25, 0.3) is 0 Å². The fourth-order valence-electron chi connectivity index (χ4n) is 1.95. The summed E-state index contributed by atoms with van der Waals surface area (Å²) in [4.78, 5) is 22.1. The average molecular weight is 660 g/mol. The van der Waals surface area contributed by atoms with Gasteiger partial charge in [0.05, 0.1) is 0 Å². The molecule has 0 aromatic heterocycles. The number of para-hydroxylation sites is 2. The number of anilines is 2. The molecule has 2 amide bonds. The summed E-state index contributed by atoms with van der Waals surface area (Å²) in [5.74, 6) is -0.570. The molecule has 2 rings (SSSR count). The van der Waals surface area contributed by atoms with E-state index in [1.54, 1.807) is 30.3 Å². The van der Waals surface area contributed by atoms with E-state index < -0.39 is 29.5 Å². The first kappa shape index (κ1) is 26.1. The predicted molar refractivity (Wildman–Crippen MR) is 118 cm³/mol. The third kappa shape index (κ3) is 9.19. The molecule has 0 saturated carbocycles. The Bertz CT molecular complexity index is 893. The molecule has 0 spiro atoms. The second kappa shape index (κ2) is 12.7. The van der Waals surface area contributed by atoms with Crippen molar-refractivity contribution in [2.24, 2.45) is 0 Å². The number of alkyl halides is 2. The van der Waals surface area contributed by atoms with Crippen molar-refractivity contribution < 1.29 is 29.7 Å². The topological polar surface area (TPSA) is 156 Å². The Morgan fingerprint density at radius 1 is 0.862 bits per heavy atom. The monoisotopic (exact) mass is 658 g/mol. The molecule has 0 radical (unpaired) electrons. The Morgan fingerprint density at radius 3 is 1.79 bits per heavy atom. The molecule has 13 heteroatoms. The number of benzene rings is 2. The number of rotatable bonds is 6. The van der Waals surface area contributed by atoms with E-state index >= 15 is 0 Å². The van der Waals surface area contributed by atoms with Gasteiger partial charge in [-0.15, -0.1) is 0 Å². The van der Waals surface area contributed by atoms with Gasteiger partial charge >= 0.3 is 193 Å². The van der Waals surface area contributed by atoms with E-state index in [1.807, 2.05) is 0 Å². The van der Waals surface area contributed by atoms with Crippen LogP contribution in [-0.2, 0) is 13.3 Å².